The van der Waals surface area contributed by atoms with Crippen molar-refractivity contribution in [3.63, 3.8) is 0 Å². The standard InChI is InChI=1S/C15H17N3OS2/c19-13-12(8-11-9-20-14(16-11)10-4-5-10)21-15(17-13)18-6-2-1-3-7-18/h8-10H,1-7H2/b12-8-. The van der Waals surface area contributed by atoms with Crippen LogP contribution >= 0.6 is 23.1 Å². The van der Waals surface area contributed by atoms with Gasteiger partial charge in [0.25, 0.3) is 5.91 Å². The van der Waals surface area contributed by atoms with Crippen molar-refractivity contribution in [2.75, 3.05) is 13.1 Å². The van der Waals surface area contributed by atoms with Crippen LogP contribution in [-0.4, -0.2) is 34.0 Å². The topological polar surface area (TPSA) is 45.6 Å². The molecule has 0 aromatic carbocycles. The van der Waals surface area contributed by atoms with Gasteiger partial charge in [0.15, 0.2) is 5.17 Å². The van der Waals surface area contributed by atoms with Crippen molar-refractivity contribution >= 4 is 40.2 Å². The van der Waals surface area contributed by atoms with Gasteiger partial charge in [-0.1, -0.05) is 0 Å². The first-order valence-electron chi connectivity index (χ1n) is 7.52. The number of carbonyl (C=O) groups excluding carboxylic acids is 1. The summed E-state index contributed by atoms with van der Waals surface area (Å²) in [6.45, 7) is 2.05. The molecule has 0 atom stereocenters. The molecule has 4 nitrogen and oxygen atoms in total. The van der Waals surface area contributed by atoms with Crippen molar-refractivity contribution < 1.29 is 4.79 Å². The number of amidine groups is 1. The molecule has 4 rings (SSSR count). The molecule has 2 aliphatic heterocycles. The summed E-state index contributed by atoms with van der Waals surface area (Å²) in [6, 6.07) is 0. The summed E-state index contributed by atoms with van der Waals surface area (Å²) in [7, 11) is 0. The summed E-state index contributed by atoms with van der Waals surface area (Å²) in [4.78, 5) is 23.8. The smallest absolute Gasteiger partial charge is 0.286 e. The summed E-state index contributed by atoms with van der Waals surface area (Å²) in [5.41, 5.74) is 0.910. The second-order valence-corrected chi connectivity index (χ2v) is 7.64. The highest BCUT2D eigenvalue weighted by Crippen LogP contribution is 2.41. The summed E-state index contributed by atoms with van der Waals surface area (Å²) >= 11 is 3.22. The minimum absolute atomic E-state index is 0.110. The van der Waals surface area contributed by atoms with Crippen molar-refractivity contribution in [1.82, 2.24) is 9.88 Å². The Kier molecular flexibility index (Phi) is 3.59. The van der Waals surface area contributed by atoms with Gasteiger partial charge in [-0.15, -0.1) is 11.3 Å². The van der Waals surface area contributed by atoms with Crippen LogP contribution in [0.3, 0.4) is 0 Å². The van der Waals surface area contributed by atoms with E-state index in [-0.39, 0.29) is 5.91 Å². The number of hydrogen-bond donors (Lipinski definition) is 0. The molecule has 1 saturated heterocycles. The third kappa shape index (κ3) is 2.92. The van der Waals surface area contributed by atoms with Crippen molar-refractivity contribution in [2.45, 2.75) is 38.0 Å². The number of hydrogen-bond acceptors (Lipinski definition) is 5. The molecule has 1 saturated carbocycles. The monoisotopic (exact) mass is 319 g/mol. The number of aliphatic imine (C=N–C) groups is 1. The van der Waals surface area contributed by atoms with Crippen LogP contribution in [0.15, 0.2) is 15.3 Å². The Morgan fingerprint density at radius 2 is 2.05 bits per heavy atom. The van der Waals surface area contributed by atoms with Crippen LogP contribution in [0.5, 0.6) is 0 Å². The first kappa shape index (κ1) is 13.5. The highest BCUT2D eigenvalue weighted by atomic mass is 32.2. The van der Waals surface area contributed by atoms with Crippen molar-refractivity contribution in [3.05, 3.63) is 21.0 Å². The second-order valence-electron chi connectivity index (χ2n) is 5.74. The van der Waals surface area contributed by atoms with Crippen LogP contribution in [0.25, 0.3) is 6.08 Å². The number of piperidine rings is 1. The van der Waals surface area contributed by atoms with Crippen LogP contribution in [0.4, 0.5) is 0 Å². The maximum absolute atomic E-state index is 12.1. The number of rotatable bonds is 2. The molecule has 0 spiro atoms. The lowest BCUT2D eigenvalue weighted by Gasteiger charge is -2.27. The van der Waals surface area contributed by atoms with E-state index in [4.69, 9.17) is 0 Å². The molecule has 0 N–H and O–H groups in total. The number of likely N-dealkylation sites (tertiary alicyclic amines) is 1. The molecule has 3 heterocycles. The third-order valence-electron chi connectivity index (χ3n) is 3.98. The van der Waals surface area contributed by atoms with E-state index in [1.807, 2.05) is 11.5 Å². The predicted octanol–water partition coefficient (Wildman–Crippen LogP) is 3.48. The van der Waals surface area contributed by atoms with Gasteiger partial charge in [0.05, 0.1) is 15.6 Å². The van der Waals surface area contributed by atoms with Crippen LogP contribution in [0.1, 0.15) is 48.7 Å². The molecule has 0 bridgehead atoms. The number of thioether (sulfide) groups is 1. The number of nitrogens with zero attached hydrogens (tertiary/aromatic N) is 3. The minimum Gasteiger partial charge on any atom is -0.351 e. The highest BCUT2D eigenvalue weighted by Gasteiger charge is 2.28. The zero-order valence-corrected chi connectivity index (χ0v) is 13.4. The number of thiazole rings is 1. The molecule has 1 aromatic heterocycles. The Morgan fingerprint density at radius 1 is 1.24 bits per heavy atom. The van der Waals surface area contributed by atoms with Crippen LogP contribution < -0.4 is 0 Å². The minimum atomic E-state index is -0.110. The summed E-state index contributed by atoms with van der Waals surface area (Å²) < 4.78 is 0. The molecule has 2 fully saturated rings. The maximum Gasteiger partial charge on any atom is 0.286 e. The largest absolute Gasteiger partial charge is 0.351 e. The fraction of sp³-hybridized carbons (Fsp3) is 0.533. The Balaban J connectivity index is 1.48. The molecule has 110 valence electrons. The average Bonchev–Trinajstić information content (AvgIpc) is 3.16. The van der Waals surface area contributed by atoms with E-state index in [2.05, 4.69) is 14.9 Å². The van der Waals surface area contributed by atoms with Gasteiger partial charge in [-0.25, -0.2) is 4.98 Å². The van der Waals surface area contributed by atoms with Crippen LogP contribution in [-0.2, 0) is 4.79 Å². The van der Waals surface area contributed by atoms with E-state index in [1.54, 1.807) is 11.3 Å². The predicted molar refractivity (Wildman–Crippen MR) is 87.5 cm³/mol. The normalized spacial score (nSPS) is 24.8. The molecule has 1 amide bonds. The second kappa shape index (κ2) is 5.57. The van der Waals surface area contributed by atoms with E-state index < -0.39 is 0 Å². The Morgan fingerprint density at radius 3 is 2.81 bits per heavy atom. The summed E-state index contributed by atoms with van der Waals surface area (Å²) in [5.74, 6) is 0.566. The van der Waals surface area contributed by atoms with E-state index >= 15 is 0 Å². The van der Waals surface area contributed by atoms with Gasteiger partial charge in [-0.2, -0.15) is 4.99 Å². The van der Waals surface area contributed by atoms with Gasteiger partial charge in [0.1, 0.15) is 0 Å². The SMILES string of the molecule is O=C1N=C(N2CCCCC2)S/C1=C\c1csc(C2CC2)n1. The van der Waals surface area contributed by atoms with Gasteiger partial charge in [0.2, 0.25) is 0 Å². The van der Waals surface area contributed by atoms with E-state index in [0.717, 1.165) is 24.0 Å². The van der Waals surface area contributed by atoms with Crippen molar-refractivity contribution in [3.8, 4) is 0 Å². The zero-order valence-electron chi connectivity index (χ0n) is 11.7. The van der Waals surface area contributed by atoms with Gasteiger partial charge < -0.3 is 4.90 Å². The molecule has 21 heavy (non-hydrogen) atoms. The van der Waals surface area contributed by atoms with Crippen LogP contribution in [0, 0.1) is 0 Å². The maximum atomic E-state index is 12.1. The summed E-state index contributed by atoms with van der Waals surface area (Å²) in [6.07, 6.45) is 8.11. The lowest BCUT2D eigenvalue weighted by atomic mass is 10.1. The molecule has 6 heteroatoms. The third-order valence-corrected chi connectivity index (χ3v) is 6.05. The first-order valence-corrected chi connectivity index (χ1v) is 9.22. The highest BCUT2D eigenvalue weighted by molar-refractivity contribution is 8.18. The fourth-order valence-electron chi connectivity index (χ4n) is 2.64. The van der Waals surface area contributed by atoms with Gasteiger partial charge in [-0.3, -0.25) is 4.79 Å². The molecular formula is C15H17N3OS2. The molecule has 3 aliphatic rings. The van der Waals surface area contributed by atoms with Gasteiger partial charge >= 0.3 is 0 Å². The lowest BCUT2D eigenvalue weighted by molar-refractivity contribution is -0.113. The van der Waals surface area contributed by atoms with Crippen molar-refractivity contribution in [2.24, 2.45) is 4.99 Å². The molecule has 1 aliphatic carbocycles. The molecule has 0 unspecified atom stereocenters. The van der Waals surface area contributed by atoms with Gasteiger partial charge in [-0.05, 0) is 49.9 Å². The molecular weight excluding hydrogens is 302 g/mol. The number of aromatic nitrogens is 1. The molecule has 0 radical (unpaired) electrons. The average molecular weight is 319 g/mol. The van der Waals surface area contributed by atoms with Crippen LogP contribution in [0.2, 0.25) is 0 Å². The van der Waals surface area contributed by atoms with Crippen molar-refractivity contribution in [1.29, 1.82) is 0 Å². The first-order chi connectivity index (χ1) is 10.3. The number of carbonyl (C=O) groups is 1. The van der Waals surface area contributed by atoms with E-state index in [0.29, 0.717) is 10.8 Å². The lowest BCUT2D eigenvalue weighted by Crippen LogP contribution is -2.33. The zero-order chi connectivity index (χ0) is 14.2. The van der Waals surface area contributed by atoms with E-state index in [9.17, 15) is 4.79 Å². The van der Waals surface area contributed by atoms with Gasteiger partial charge in [0, 0.05) is 24.4 Å². The number of amides is 1. The Labute approximate surface area is 132 Å². The summed E-state index contributed by atoms with van der Waals surface area (Å²) in [5, 5.41) is 4.14. The Hall–Kier alpha value is -1.14. The Bertz CT molecular complexity index is 625. The molecule has 1 aromatic rings. The van der Waals surface area contributed by atoms with E-state index in [1.165, 1.54) is 48.9 Å². The quantitative estimate of drug-likeness (QED) is 0.783. The fourth-order valence-corrected chi connectivity index (χ4v) is 4.54.